The van der Waals surface area contributed by atoms with Gasteiger partial charge in [0.05, 0.1) is 0 Å². The smallest absolute Gasteiger partial charge is 0.320 e. The molecule has 1 aliphatic rings. The van der Waals surface area contributed by atoms with Gasteiger partial charge in [-0.05, 0) is 24.8 Å². The minimum Gasteiger partial charge on any atom is -0.480 e. The van der Waals surface area contributed by atoms with E-state index >= 15 is 0 Å². The van der Waals surface area contributed by atoms with Crippen LogP contribution >= 0.6 is 11.3 Å². The second kappa shape index (κ2) is 6.31. The summed E-state index contributed by atoms with van der Waals surface area (Å²) in [5.74, 6) is -0.720. The fourth-order valence-corrected chi connectivity index (χ4v) is 2.95. The van der Waals surface area contributed by atoms with Gasteiger partial charge in [0.25, 0.3) is 0 Å². The molecule has 1 aromatic rings. The maximum Gasteiger partial charge on any atom is 0.320 e. The van der Waals surface area contributed by atoms with Crippen LogP contribution in [-0.4, -0.2) is 59.6 Å². The molecule has 1 saturated heterocycles. The fraction of sp³-hybridized carbons (Fsp3) is 0.615. The predicted octanol–water partition coefficient (Wildman–Crippen LogP) is 1.38. The van der Waals surface area contributed by atoms with Crippen LogP contribution in [0.25, 0.3) is 0 Å². The molecule has 0 aromatic carbocycles. The van der Waals surface area contributed by atoms with Gasteiger partial charge >= 0.3 is 5.97 Å². The molecule has 18 heavy (non-hydrogen) atoms. The van der Waals surface area contributed by atoms with Gasteiger partial charge in [-0.3, -0.25) is 9.69 Å². The van der Waals surface area contributed by atoms with Crippen LogP contribution in [0.3, 0.4) is 0 Å². The van der Waals surface area contributed by atoms with Crippen molar-refractivity contribution in [3.05, 3.63) is 22.4 Å². The summed E-state index contributed by atoms with van der Waals surface area (Å²) in [5, 5.41) is 11.1. The van der Waals surface area contributed by atoms with Crippen molar-refractivity contribution < 1.29 is 9.90 Å². The Labute approximate surface area is 112 Å². The standard InChI is InChI=1S/C13H20N2O2S/c1-11(13(16)17)15-8-6-14(7-9-15)5-4-12-3-2-10-18-12/h2-3,10-11H,4-9H2,1H3,(H,16,17). The Morgan fingerprint density at radius 3 is 2.72 bits per heavy atom. The average molecular weight is 268 g/mol. The lowest BCUT2D eigenvalue weighted by molar-refractivity contribution is -0.143. The van der Waals surface area contributed by atoms with Crippen LogP contribution in [0.1, 0.15) is 11.8 Å². The summed E-state index contributed by atoms with van der Waals surface area (Å²) in [4.78, 5) is 16.8. The van der Waals surface area contributed by atoms with Gasteiger partial charge in [-0.15, -0.1) is 11.3 Å². The average Bonchev–Trinajstić information content (AvgIpc) is 2.89. The van der Waals surface area contributed by atoms with E-state index in [4.69, 9.17) is 5.11 Å². The summed E-state index contributed by atoms with van der Waals surface area (Å²) in [6, 6.07) is 3.91. The largest absolute Gasteiger partial charge is 0.480 e. The molecule has 5 heteroatoms. The molecule has 1 N–H and O–H groups in total. The van der Waals surface area contributed by atoms with Crippen molar-refractivity contribution in [2.75, 3.05) is 32.7 Å². The number of hydrogen-bond donors (Lipinski definition) is 1. The number of carboxylic acids is 1. The fourth-order valence-electron chi connectivity index (χ4n) is 2.25. The van der Waals surface area contributed by atoms with Gasteiger partial charge in [-0.2, -0.15) is 0 Å². The van der Waals surface area contributed by atoms with Crippen molar-refractivity contribution >= 4 is 17.3 Å². The van der Waals surface area contributed by atoms with Gasteiger partial charge in [0.2, 0.25) is 0 Å². The third kappa shape index (κ3) is 3.54. The number of thiophene rings is 1. The molecule has 0 amide bonds. The number of carboxylic acid groups (broad SMARTS) is 1. The van der Waals surface area contributed by atoms with E-state index in [0.717, 1.165) is 39.1 Å². The van der Waals surface area contributed by atoms with E-state index in [1.165, 1.54) is 4.88 Å². The molecule has 0 radical (unpaired) electrons. The lowest BCUT2D eigenvalue weighted by atomic mass is 10.2. The zero-order valence-electron chi connectivity index (χ0n) is 10.7. The molecule has 0 spiro atoms. The highest BCUT2D eigenvalue weighted by Crippen LogP contribution is 2.11. The summed E-state index contributed by atoms with van der Waals surface area (Å²) in [6.07, 6.45) is 1.10. The number of piperazine rings is 1. The predicted molar refractivity (Wildman–Crippen MR) is 73.1 cm³/mol. The van der Waals surface area contributed by atoms with Crippen molar-refractivity contribution in [2.24, 2.45) is 0 Å². The van der Waals surface area contributed by atoms with Gasteiger partial charge in [0, 0.05) is 37.6 Å². The molecule has 100 valence electrons. The third-order valence-corrected chi connectivity index (χ3v) is 4.50. The second-order valence-electron chi connectivity index (χ2n) is 4.72. The van der Waals surface area contributed by atoms with E-state index in [1.54, 1.807) is 18.3 Å². The Bertz CT molecular complexity index is 372. The normalized spacial score (nSPS) is 19.8. The van der Waals surface area contributed by atoms with Crippen LogP contribution in [0.2, 0.25) is 0 Å². The number of rotatable bonds is 5. The summed E-state index contributed by atoms with van der Waals surface area (Å²) < 4.78 is 0. The van der Waals surface area contributed by atoms with Crippen LogP contribution in [-0.2, 0) is 11.2 Å². The van der Waals surface area contributed by atoms with Crippen LogP contribution in [0.15, 0.2) is 17.5 Å². The van der Waals surface area contributed by atoms with Gasteiger partial charge < -0.3 is 10.0 Å². The molecule has 4 nitrogen and oxygen atoms in total. The maximum atomic E-state index is 10.9. The highest BCUT2D eigenvalue weighted by atomic mass is 32.1. The van der Waals surface area contributed by atoms with Crippen molar-refractivity contribution in [1.29, 1.82) is 0 Å². The molecule has 1 atom stereocenters. The van der Waals surface area contributed by atoms with E-state index in [0.29, 0.717) is 0 Å². The first-order valence-electron chi connectivity index (χ1n) is 6.38. The minimum atomic E-state index is -0.720. The Balaban J connectivity index is 1.72. The van der Waals surface area contributed by atoms with Crippen molar-refractivity contribution in [3.63, 3.8) is 0 Å². The number of carbonyl (C=O) groups is 1. The first kappa shape index (κ1) is 13.5. The molecular weight excluding hydrogens is 248 g/mol. The Morgan fingerprint density at radius 2 is 2.17 bits per heavy atom. The number of nitrogens with zero attached hydrogens (tertiary/aromatic N) is 2. The van der Waals surface area contributed by atoms with Crippen LogP contribution in [0.5, 0.6) is 0 Å². The van der Waals surface area contributed by atoms with E-state index in [-0.39, 0.29) is 6.04 Å². The van der Waals surface area contributed by atoms with E-state index in [1.807, 2.05) is 4.90 Å². The molecule has 1 unspecified atom stereocenters. The molecule has 0 saturated carbocycles. The van der Waals surface area contributed by atoms with Crippen molar-refractivity contribution in [3.8, 4) is 0 Å². The molecule has 1 fully saturated rings. The summed E-state index contributed by atoms with van der Waals surface area (Å²) >= 11 is 1.81. The molecule has 0 aliphatic carbocycles. The zero-order chi connectivity index (χ0) is 13.0. The molecule has 1 aromatic heterocycles. The van der Waals surface area contributed by atoms with Crippen LogP contribution < -0.4 is 0 Å². The van der Waals surface area contributed by atoms with Crippen LogP contribution in [0, 0.1) is 0 Å². The van der Waals surface area contributed by atoms with Gasteiger partial charge in [0.15, 0.2) is 0 Å². The third-order valence-electron chi connectivity index (χ3n) is 3.57. The second-order valence-corrected chi connectivity index (χ2v) is 5.75. The zero-order valence-corrected chi connectivity index (χ0v) is 11.5. The van der Waals surface area contributed by atoms with Gasteiger partial charge in [0.1, 0.15) is 6.04 Å². The molecule has 1 aliphatic heterocycles. The maximum absolute atomic E-state index is 10.9. The molecular formula is C13H20N2O2S. The first-order chi connectivity index (χ1) is 8.66. The Hall–Kier alpha value is -0.910. The summed E-state index contributed by atoms with van der Waals surface area (Å²) in [6.45, 7) is 6.52. The number of hydrogen-bond acceptors (Lipinski definition) is 4. The van der Waals surface area contributed by atoms with E-state index in [9.17, 15) is 4.79 Å². The van der Waals surface area contributed by atoms with Gasteiger partial charge in [-0.25, -0.2) is 0 Å². The summed E-state index contributed by atoms with van der Waals surface area (Å²) in [5.41, 5.74) is 0. The van der Waals surface area contributed by atoms with E-state index in [2.05, 4.69) is 22.4 Å². The SMILES string of the molecule is CC(C(=O)O)N1CCN(CCc2cccs2)CC1. The topological polar surface area (TPSA) is 43.8 Å². The highest BCUT2D eigenvalue weighted by Gasteiger charge is 2.24. The Kier molecular flexibility index (Phi) is 4.74. The summed E-state index contributed by atoms with van der Waals surface area (Å²) in [7, 11) is 0. The highest BCUT2D eigenvalue weighted by molar-refractivity contribution is 7.09. The quantitative estimate of drug-likeness (QED) is 0.876. The first-order valence-corrected chi connectivity index (χ1v) is 7.26. The monoisotopic (exact) mass is 268 g/mol. The van der Waals surface area contributed by atoms with Crippen molar-refractivity contribution in [2.45, 2.75) is 19.4 Å². The Morgan fingerprint density at radius 1 is 1.44 bits per heavy atom. The van der Waals surface area contributed by atoms with Crippen LogP contribution in [0.4, 0.5) is 0 Å². The minimum absolute atomic E-state index is 0.357. The lowest BCUT2D eigenvalue weighted by Crippen LogP contribution is -2.51. The molecule has 0 bridgehead atoms. The van der Waals surface area contributed by atoms with E-state index < -0.39 is 5.97 Å². The lowest BCUT2D eigenvalue weighted by Gasteiger charge is -2.36. The van der Waals surface area contributed by atoms with Gasteiger partial charge in [-0.1, -0.05) is 6.07 Å². The molecule has 2 heterocycles. The van der Waals surface area contributed by atoms with Crippen molar-refractivity contribution in [1.82, 2.24) is 9.80 Å². The number of aliphatic carboxylic acids is 1. The molecule has 2 rings (SSSR count).